The Balaban J connectivity index is 1.75. The van der Waals surface area contributed by atoms with Gasteiger partial charge in [-0.05, 0) is 24.1 Å². The van der Waals surface area contributed by atoms with Crippen LogP contribution in [0.1, 0.15) is 51.2 Å². The standard InChI is InChI=1S/C25H33N3O5S/c1-4-10-20(23(29)25-28-19-13-8-9-14-22(19)33-25)27-24(30)21(26-17(2)3)16-34(31,32)15-18-11-6-5-7-12-18/h5-9,11-14,17,20-21,23,26,29H,4,10,15-16H2,1-3H3,(H,27,30)/t20-,21-,23?/m0/s1. The number of benzene rings is 2. The van der Waals surface area contributed by atoms with Gasteiger partial charge >= 0.3 is 0 Å². The summed E-state index contributed by atoms with van der Waals surface area (Å²) in [7, 11) is -3.58. The zero-order valence-electron chi connectivity index (χ0n) is 19.8. The van der Waals surface area contributed by atoms with Gasteiger partial charge in [0.15, 0.2) is 21.5 Å². The number of oxazole rings is 1. The first-order valence-electron chi connectivity index (χ1n) is 11.5. The van der Waals surface area contributed by atoms with Crippen LogP contribution in [0.2, 0.25) is 0 Å². The third-order valence-electron chi connectivity index (χ3n) is 5.37. The second-order valence-electron chi connectivity index (χ2n) is 8.78. The number of hydrogen-bond acceptors (Lipinski definition) is 7. The van der Waals surface area contributed by atoms with Crippen LogP contribution in [-0.2, 0) is 20.4 Å². The highest BCUT2D eigenvalue weighted by Crippen LogP contribution is 2.24. The van der Waals surface area contributed by atoms with Crippen molar-refractivity contribution in [2.75, 3.05) is 5.75 Å². The summed E-state index contributed by atoms with van der Waals surface area (Å²) in [5.41, 5.74) is 1.83. The van der Waals surface area contributed by atoms with Crippen molar-refractivity contribution >= 4 is 26.8 Å². The molecule has 0 spiro atoms. The number of rotatable bonds is 12. The molecule has 34 heavy (non-hydrogen) atoms. The lowest BCUT2D eigenvalue weighted by atomic mass is 10.0. The van der Waals surface area contributed by atoms with Gasteiger partial charge in [-0.3, -0.25) is 4.79 Å². The smallest absolute Gasteiger partial charge is 0.238 e. The summed E-state index contributed by atoms with van der Waals surface area (Å²) in [6, 6.07) is 14.3. The van der Waals surface area contributed by atoms with Gasteiger partial charge in [0, 0.05) is 6.04 Å². The number of aromatic nitrogens is 1. The topological polar surface area (TPSA) is 122 Å². The largest absolute Gasteiger partial charge is 0.438 e. The molecular formula is C25H33N3O5S. The zero-order valence-corrected chi connectivity index (χ0v) is 20.6. The number of carbonyl (C=O) groups excluding carboxylic acids is 1. The van der Waals surface area contributed by atoms with Crippen LogP contribution >= 0.6 is 0 Å². The second-order valence-corrected chi connectivity index (χ2v) is 10.9. The fraction of sp³-hybridized carbons (Fsp3) is 0.440. The Labute approximate surface area is 200 Å². The Morgan fingerprint density at radius 3 is 2.41 bits per heavy atom. The van der Waals surface area contributed by atoms with E-state index >= 15 is 0 Å². The van der Waals surface area contributed by atoms with Crippen LogP contribution in [0.4, 0.5) is 0 Å². The number of nitrogens with zero attached hydrogens (tertiary/aromatic N) is 1. The molecule has 3 rings (SSSR count). The third kappa shape index (κ3) is 7.12. The lowest BCUT2D eigenvalue weighted by Gasteiger charge is -2.26. The van der Waals surface area contributed by atoms with E-state index in [2.05, 4.69) is 15.6 Å². The Morgan fingerprint density at radius 2 is 1.76 bits per heavy atom. The molecule has 0 fully saturated rings. The maximum atomic E-state index is 13.2. The maximum Gasteiger partial charge on any atom is 0.238 e. The van der Waals surface area contributed by atoms with Crippen LogP contribution in [0.3, 0.4) is 0 Å². The predicted octanol–water partition coefficient (Wildman–Crippen LogP) is 3.13. The highest BCUT2D eigenvalue weighted by molar-refractivity contribution is 7.90. The molecule has 0 saturated heterocycles. The van der Waals surface area contributed by atoms with E-state index in [0.29, 0.717) is 29.5 Å². The van der Waals surface area contributed by atoms with Gasteiger partial charge in [0.2, 0.25) is 11.8 Å². The van der Waals surface area contributed by atoms with Crippen LogP contribution in [0.15, 0.2) is 59.0 Å². The van der Waals surface area contributed by atoms with Crippen molar-refractivity contribution in [1.29, 1.82) is 0 Å². The van der Waals surface area contributed by atoms with E-state index in [1.165, 1.54) is 0 Å². The number of amides is 1. The van der Waals surface area contributed by atoms with Crippen molar-refractivity contribution in [3.8, 4) is 0 Å². The number of para-hydroxylation sites is 2. The lowest BCUT2D eigenvalue weighted by molar-refractivity contribution is -0.124. The minimum atomic E-state index is -3.58. The summed E-state index contributed by atoms with van der Waals surface area (Å²) >= 11 is 0. The Kier molecular flexibility index (Phi) is 8.82. The van der Waals surface area contributed by atoms with Gasteiger partial charge in [-0.2, -0.15) is 0 Å². The molecule has 2 aromatic carbocycles. The van der Waals surface area contributed by atoms with E-state index in [4.69, 9.17) is 4.42 Å². The summed E-state index contributed by atoms with van der Waals surface area (Å²) in [6.07, 6.45) is -0.00918. The third-order valence-corrected chi connectivity index (χ3v) is 6.99. The average Bonchev–Trinajstić information content (AvgIpc) is 3.22. The fourth-order valence-corrected chi connectivity index (χ4v) is 5.41. The summed E-state index contributed by atoms with van der Waals surface area (Å²) in [6.45, 7) is 5.63. The lowest BCUT2D eigenvalue weighted by Crippen LogP contribution is -2.53. The summed E-state index contributed by atoms with van der Waals surface area (Å²) in [4.78, 5) is 17.5. The molecule has 1 aromatic heterocycles. The Bertz CT molecular complexity index is 1140. The quantitative estimate of drug-likeness (QED) is 0.359. The Hall–Kier alpha value is -2.75. The maximum absolute atomic E-state index is 13.2. The number of nitrogens with one attached hydrogen (secondary N) is 2. The van der Waals surface area contributed by atoms with Crippen molar-refractivity contribution < 1.29 is 22.7 Å². The van der Waals surface area contributed by atoms with Crippen LogP contribution in [-0.4, -0.2) is 48.3 Å². The second kappa shape index (κ2) is 11.6. The van der Waals surface area contributed by atoms with E-state index in [9.17, 15) is 18.3 Å². The molecule has 1 unspecified atom stereocenters. The molecule has 1 heterocycles. The minimum absolute atomic E-state index is 0.116. The summed E-state index contributed by atoms with van der Waals surface area (Å²) in [5, 5.41) is 16.8. The van der Waals surface area contributed by atoms with Gasteiger partial charge in [-0.15, -0.1) is 0 Å². The summed E-state index contributed by atoms with van der Waals surface area (Å²) in [5.74, 6) is -0.880. The predicted molar refractivity (Wildman–Crippen MR) is 132 cm³/mol. The first-order valence-corrected chi connectivity index (χ1v) is 13.3. The number of sulfone groups is 1. The normalized spacial score (nSPS) is 14.7. The van der Waals surface area contributed by atoms with E-state index in [1.54, 1.807) is 36.4 Å². The Morgan fingerprint density at radius 1 is 1.09 bits per heavy atom. The van der Waals surface area contributed by atoms with Crippen molar-refractivity contribution in [3.63, 3.8) is 0 Å². The number of aliphatic hydroxyl groups excluding tert-OH is 1. The number of aliphatic hydroxyl groups is 1. The van der Waals surface area contributed by atoms with Gasteiger partial charge < -0.3 is 20.2 Å². The minimum Gasteiger partial charge on any atom is -0.438 e. The van der Waals surface area contributed by atoms with Crippen LogP contribution in [0, 0.1) is 0 Å². The first kappa shape index (κ1) is 25.9. The van der Waals surface area contributed by atoms with Gasteiger partial charge in [-0.1, -0.05) is 69.7 Å². The SMILES string of the molecule is CCC[C@H](NC(=O)[C@H](CS(=O)(=O)Cc1ccccc1)NC(C)C)C(O)c1nc2ccccc2o1. The molecule has 0 aliphatic rings. The molecular weight excluding hydrogens is 454 g/mol. The summed E-state index contributed by atoms with van der Waals surface area (Å²) < 4.78 is 31.4. The molecule has 0 bridgehead atoms. The van der Waals surface area contributed by atoms with Gasteiger partial charge in [0.05, 0.1) is 17.5 Å². The first-order chi connectivity index (χ1) is 16.2. The van der Waals surface area contributed by atoms with Crippen LogP contribution in [0.25, 0.3) is 11.1 Å². The van der Waals surface area contributed by atoms with Crippen molar-refractivity contribution in [2.24, 2.45) is 0 Å². The molecule has 0 radical (unpaired) electrons. The van der Waals surface area contributed by atoms with E-state index in [1.807, 2.05) is 39.0 Å². The molecule has 3 aromatic rings. The molecule has 0 saturated carbocycles. The molecule has 0 aliphatic heterocycles. The highest BCUT2D eigenvalue weighted by atomic mass is 32.2. The molecule has 184 valence electrons. The monoisotopic (exact) mass is 487 g/mol. The zero-order chi connectivity index (χ0) is 24.7. The molecule has 1 amide bonds. The molecule has 3 atom stereocenters. The highest BCUT2D eigenvalue weighted by Gasteiger charge is 2.31. The molecule has 3 N–H and O–H groups in total. The average molecular weight is 488 g/mol. The van der Waals surface area contributed by atoms with Crippen LogP contribution in [0.5, 0.6) is 0 Å². The van der Waals surface area contributed by atoms with Gasteiger partial charge in [0.1, 0.15) is 11.6 Å². The van der Waals surface area contributed by atoms with Crippen molar-refractivity contribution in [1.82, 2.24) is 15.6 Å². The van der Waals surface area contributed by atoms with E-state index in [0.717, 1.165) is 0 Å². The molecule has 0 aliphatic carbocycles. The van der Waals surface area contributed by atoms with E-state index < -0.39 is 33.9 Å². The molecule has 8 nitrogen and oxygen atoms in total. The number of carbonyl (C=O) groups is 1. The van der Waals surface area contributed by atoms with E-state index in [-0.39, 0.29) is 23.4 Å². The van der Waals surface area contributed by atoms with Gasteiger partial charge in [-0.25, -0.2) is 13.4 Å². The number of fused-ring (bicyclic) bond motifs is 1. The number of hydrogen-bond donors (Lipinski definition) is 3. The van der Waals surface area contributed by atoms with Crippen molar-refractivity contribution in [2.45, 2.75) is 63.6 Å². The van der Waals surface area contributed by atoms with Crippen LogP contribution < -0.4 is 10.6 Å². The molecule has 9 heteroatoms. The van der Waals surface area contributed by atoms with Crippen molar-refractivity contribution in [3.05, 3.63) is 66.1 Å². The fourth-order valence-electron chi connectivity index (χ4n) is 3.83. The van der Waals surface area contributed by atoms with Gasteiger partial charge in [0.25, 0.3) is 0 Å².